The number of anilines is 1. The molecule has 0 aromatic heterocycles. The van der Waals surface area contributed by atoms with E-state index in [1.54, 1.807) is 13.0 Å². The second-order valence-electron chi connectivity index (χ2n) is 5.73. The Bertz CT molecular complexity index is 439. The van der Waals surface area contributed by atoms with E-state index in [4.69, 9.17) is 9.84 Å². The number of aliphatic hydroxyl groups is 1. The van der Waals surface area contributed by atoms with Crippen LogP contribution in [0, 0.1) is 0 Å². The summed E-state index contributed by atoms with van der Waals surface area (Å²) in [4.78, 5) is 11.8. The summed E-state index contributed by atoms with van der Waals surface area (Å²) in [5.41, 5.74) is 0.289. The van der Waals surface area contributed by atoms with Crippen molar-refractivity contribution in [2.24, 2.45) is 0 Å². The first-order valence-electron chi connectivity index (χ1n) is 6.79. The Hall–Kier alpha value is -1.75. The van der Waals surface area contributed by atoms with Crippen molar-refractivity contribution in [3.63, 3.8) is 0 Å². The molecule has 0 heterocycles. The van der Waals surface area contributed by atoms with Crippen molar-refractivity contribution in [2.75, 3.05) is 11.9 Å². The van der Waals surface area contributed by atoms with Crippen LogP contribution in [-0.2, 0) is 0 Å². The smallest absolute Gasteiger partial charge is 0.319 e. The van der Waals surface area contributed by atoms with Gasteiger partial charge >= 0.3 is 6.03 Å². The molecular weight excluding hydrogens is 256 g/mol. The molecule has 0 aliphatic rings. The molecule has 0 aliphatic heterocycles. The van der Waals surface area contributed by atoms with E-state index in [1.807, 2.05) is 39.0 Å². The Morgan fingerprint density at radius 1 is 1.35 bits per heavy atom. The lowest BCUT2D eigenvalue weighted by Crippen LogP contribution is -2.31. The zero-order chi connectivity index (χ0) is 15.2. The van der Waals surface area contributed by atoms with Gasteiger partial charge in [-0.05, 0) is 46.2 Å². The van der Waals surface area contributed by atoms with E-state index in [1.165, 1.54) is 0 Å². The highest BCUT2D eigenvalue weighted by molar-refractivity contribution is 5.90. The number of ether oxygens (including phenoxy) is 1. The summed E-state index contributed by atoms with van der Waals surface area (Å²) in [5, 5.41) is 14.6. The standard InChI is InChI=1S/C15H24N2O3/c1-11(18)9-10-16-14(19)17-12-7-5-6-8-13(12)20-15(2,3)4/h5-8,11,18H,9-10H2,1-4H3,(H2,16,17,19). The largest absolute Gasteiger partial charge is 0.486 e. The third-order valence-corrected chi connectivity index (χ3v) is 2.40. The van der Waals surface area contributed by atoms with E-state index in [-0.39, 0.29) is 11.6 Å². The molecule has 1 unspecified atom stereocenters. The van der Waals surface area contributed by atoms with Crippen molar-refractivity contribution >= 4 is 11.7 Å². The number of aliphatic hydroxyl groups excluding tert-OH is 1. The van der Waals surface area contributed by atoms with Crippen LogP contribution in [0.15, 0.2) is 24.3 Å². The molecule has 0 bridgehead atoms. The van der Waals surface area contributed by atoms with Crippen molar-refractivity contribution in [3.8, 4) is 5.75 Å². The van der Waals surface area contributed by atoms with Crippen LogP contribution in [0.2, 0.25) is 0 Å². The van der Waals surface area contributed by atoms with Crippen LogP contribution in [0.1, 0.15) is 34.1 Å². The van der Waals surface area contributed by atoms with Gasteiger partial charge in [-0.1, -0.05) is 12.1 Å². The maximum Gasteiger partial charge on any atom is 0.319 e. The Labute approximate surface area is 120 Å². The predicted octanol–water partition coefficient (Wildman–Crippen LogP) is 2.76. The molecule has 0 spiro atoms. The third kappa shape index (κ3) is 6.43. The first-order valence-corrected chi connectivity index (χ1v) is 6.79. The van der Waals surface area contributed by atoms with E-state index in [9.17, 15) is 4.79 Å². The van der Waals surface area contributed by atoms with Crippen LogP contribution in [-0.4, -0.2) is 29.4 Å². The van der Waals surface area contributed by atoms with Crippen molar-refractivity contribution in [1.29, 1.82) is 0 Å². The average Bonchev–Trinajstić information content (AvgIpc) is 2.29. The summed E-state index contributed by atoms with van der Waals surface area (Å²) < 4.78 is 5.79. The zero-order valence-corrected chi connectivity index (χ0v) is 12.6. The lowest BCUT2D eigenvalue weighted by molar-refractivity contribution is 0.132. The molecule has 20 heavy (non-hydrogen) atoms. The molecular formula is C15H24N2O3. The molecule has 0 fully saturated rings. The van der Waals surface area contributed by atoms with Crippen molar-refractivity contribution in [1.82, 2.24) is 5.32 Å². The van der Waals surface area contributed by atoms with E-state index < -0.39 is 6.10 Å². The van der Waals surface area contributed by atoms with Crippen molar-refractivity contribution < 1.29 is 14.6 Å². The fourth-order valence-corrected chi connectivity index (χ4v) is 1.55. The molecule has 0 saturated heterocycles. The Morgan fingerprint density at radius 2 is 2.00 bits per heavy atom. The number of urea groups is 1. The number of hydrogen-bond acceptors (Lipinski definition) is 3. The molecule has 3 N–H and O–H groups in total. The van der Waals surface area contributed by atoms with Crippen LogP contribution in [0.3, 0.4) is 0 Å². The molecule has 5 heteroatoms. The number of carbonyl (C=O) groups excluding carboxylic acids is 1. The van der Waals surface area contributed by atoms with Gasteiger partial charge in [0.05, 0.1) is 11.8 Å². The highest BCUT2D eigenvalue weighted by atomic mass is 16.5. The van der Waals surface area contributed by atoms with Crippen LogP contribution in [0.4, 0.5) is 10.5 Å². The molecule has 5 nitrogen and oxygen atoms in total. The van der Waals surface area contributed by atoms with Crippen LogP contribution < -0.4 is 15.4 Å². The van der Waals surface area contributed by atoms with Crippen LogP contribution in [0.5, 0.6) is 5.75 Å². The van der Waals surface area contributed by atoms with E-state index >= 15 is 0 Å². The van der Waals surface area contributed by atoms with Gasteiger partial charge in [0, 0.05) is 6.54 Å². The fourth-order valence-electron chi connectivity index (χ4n) is 1.55. The molecule has 0 aliphatic carbocycles. The number of nitrogens with one attached hydrogen (secondary N) is 2. The predicted molar refractivity (Wildman–Crippen MR) is 80.1 cm³/mol. The van der Waals surface area contributed by atoms with Gasteiger partial charge in [-0.2, -0.15) is 0 Å². The summed E-state index contributed by atoms with van der Waals surface area (Å²) in [6.07, 6.45) is 0.0971. The second-order valence-corrected chi connectivity index (χ2v) is 5.73. The lowest BCUT2D eigenvalue weighted by Gasteiger charge is -2.23. The molecule has 1 aromatic rings. The van der Waals surface area contributed by atoms with Crippen LogP contribution >= 0.6 is 0 Å². The summed E-state index contributed by atoms with van der Waals surface area (Å²) in [6, 6.07) is 6.99. The summed E-state index contributed by atoms with van der Waals surface area (Å²) in [6.45, 7) is 7.96. The molecule has 0 radical (unpaired) electrons. The Balaban J connectivity index is 2.61. The van der Waals surface area contributed by atoms with E-state index in [0.717, 1.165) is 0 Å². The number of rotatable bonds is 5. The third-order valence-electron chi connectivity index (χ3n) is 2.40. The normalized spacial score (nSPS) is 12.7. The maximum absolute atomic E-state index is 11.8. The maximum atomic E-state index is 11.8. The Kier molecular flexibility index (Phi) is 5.82. The number of amides is 2. The quantitative estimate of drug-likeness (QED) is 0.776. The van der Waals surface area contributed by atoms with E-state index in [0.29, 0.717) is 24.4 Å². The Morgan fingerprint density at radius 3 is 2.60 bits per heavy atom. The van der Waals surface area contributed by atoms with Gasteiger partial charge in [-0.15, -0.1) is 0 Å². The summed E-state index contributed by atoms with van der Waals surface area (Å²) >= 11 is 0. The van der Waals surface area contributed by atoms with Crippen LogP contribution in [0.25, 0.3) is 0 Å². The number of hydrogen-bond donors (Lipinski definition) is 3. The van der Waals surface area contributed by atoms with Gasteiger partial charge in [-0.3, -0.25) is 0 Å². The molecule has 112 valence electrons. The molecule has 1 aromatic carbocycles. The lowest BCUT2D eigenvalue weighted by atomic mass is 10.2. The minimum atomic E-state index is -0.424. The molecule has 1 rings (SSSR count). The SMILES string of the molecule is CC(O)CCNC(=O)Nc1ccccc1OC(C)(C)C. The first-order chi connectivity index (χ1) is 9.28. The molecule has 2 amide bonds. The minimum Gasteiger partial charge on any atom is -0.486 e. The highest BCUT2D eigenvalue weighted by Gasteiger charge is 2.15. The van der Waals surface area contributed by atoms with Gasteiger partial charge in [0.1, 0.15) is 11.4 Å². The zero-order valence-electron chi connectivity index (χ0n) is 12.6. The van der Waals surface area contributed by atoms with Gasteiger partial charge in [0.25, 0.3) is 0 Å². The van der Waals surface area contributed by atoms with E-state index in [2.05, 4.69) is 10.6 Å². The first kappa shape index (κ1) is 16.3. The minimum absolute atomic E-state index is 0.310. The fraction of sp³-hybridized carbons (Fsp3) is 0.533. The van der Waals surface area contributed by atoms with Gasteiger partial charge in [-0.25, -0.2) is 4.79 Å². The average molecular weight is 280 g/mol. The monoisotopic (exact) mass is 280 g/mol. The highest BCUT2D eigenvalue weighted by Crippen LogP contribution is 2.27. The molecule has 0 saturated carbocycles. The van der Waals surface area contributed by atoms with Crippen molar-refractivity contribution in [2.45, 2.75) is 45.8 Å². The number of para-hydroxylation sites is 2. The van der Waals surface area contributed by atoms with Crippen molar-refractivity contribution in [3.05, 3.63) is 24.3 Å². The van der Waals surface area contributed by atoms with Gasteiger partial charge in [0.15, 0.2) is 0 Å². The summed E-state index contributed by atoms with van der Waals surface area (Å²) in [7, 11) is 0. The second kappa shape index (κ2) is 7.14. The topological polar surface area (TPSA) is 70.6 Å². The molecule has 1 atom stereocenters. The van der Waals surface area contributed by atoms with Gasteiger partial charge < -0.3 is 20.5 Å². The number of carbonyl (C=O) groups is 1. The summed E-state index contributed by atoms with van der Waals surface area (Å²) in [5.74, 6) is 0.630. The van der Waals surface area contributed by atoms with Gasteiger partial charge in [0.2, 0.25) is 0 Å². The number of benzene rings is 1.